The predicted molar refractivity (Wildman–Crippen MR) is 64.9 cm³/mol. The fourth-order valence-electron chi connectivity index (χ4n) is 1.27. The second-order valence-electron chi connectivity index (χ2n) is 3.64. The molecule has 0 atom stereocenters. The van der Waals surface area contributed by atoms with E-state index in [9.17, 15) is 4.79 Å². The molecule has 0 spiro atoms. The summed E-state index contributed by atoms with van der Waals surface area (Å²) in [6.07, 6.45) is 1.52. The number of aromatic nitrogens is 1. The molecule has 16 heavy (non-hydrogen) atoms. The Morgan fingerprint density at radius 1 is 1.62 bits per heavy atom. The molecule has 0 bridgehead atoms. The van der Waals surface area contributed by atoms with Crippen LogP contribution in [0.25, 0.3) is 0 Å². The van der Waals surface area contributed by atoms with E-state index in [1.165, 1.54) is 6.20 Å². The fraction of sp³-hybridized carbons (Fsp3) is 0.455. The molecular formula is C11H16ClN3O. The van der Waals surface area contributed by atoms with Crippen molar-refractivity contribution in [1.29, 1.82) is 0 Å². The van der Waals surface area contributed by atoms with Crippen molar-refractivity contribution in [2.75, 3.05) is 27.2 Å². The van der Waals surface area contributed by atoms with Crippen molar-refractivity contribution in [2.45, 2.75) is 6.92 Å². The first-order valence-electron chi connectivity index (χ1n) is 5.08. The van der Waals surface area contributed by atoms with E-state index < -0.39 is 0 Å². The molecule has 0 aromatic carbocycles. The van der Waals surface area contributed by atoms with Crippen LogP contribution in [-0.4, -0.2) is 43.0 Å². The zero-order valence-electron chi connectivity index (χ0n) is 9.75. The molecule has 1 N–H and O–H groups in total. The van der Waals surface area contributed by atoms with Gasteiger partial charge in [0.1, 0.15) is 0 Å². The quantitative estimate of drug-likeness (QED) is 0.865. The van der Waals surface area contributed by atoms with E-state index in [0.717, 1.165) is 12.2 Å². The summed E-state index contributed by atoms with van der Waals surface area (Å²) in [5, 5.41) is 3.44. The monoisotopic (exact) mass is 241 g/mol. The van der Waals surface area contributed by atoms with Gasteiger partial charge < -0.3 is 10.2 Å². The van der Waals surface area contributed by atoms with Gasteiger partial charge >= 0.3 is 0 Å². The van der Waals surface area contributed by atoms with E-state index in [4.69, 9.17) is 11.6 Å². The lowest BCUT2D eigenvalue weighted by Gasteiger charge is -2.17. The Hall–Kier alpha value is -1.13. The minimum Gasteiger partial charge on any atom is -0.340 e. The summed E-state index contributed by atoms with van der Waals surface area (Å²) in [6.45, 7) is 3.23. The van der Waals surface area contributed by atoms with Gasteiger partial charge in [0.2, 0.25) is 0 Å². The van der Waals surface area contributed by atoms with Crippen LogP contribution in [0.3, 0.4) is 0 Å². The Labute approximate surface area is 101 Å². The Bertz CT molecular complexity index is 381. The second kappa shape index (κ2) is 5.82. The molecule has 5 heteroatoms. The molecule has 1 aromatic rings. The number of hydrogen-bond donors (Lipinski definition) is 1. The standard InChI is InChI=1S/C11H16ClN3O/c1-8-6-10(12)9(7-14-8)11(16)15(3)5-4-13-2/h6-7,13H,4-5H2,1-3H3. The van der Waals surface area contributed by atoms with Gasteiger partial charge in [-0.3, -0.25) is 9.78 Å². The number of nitrogens with one attached hydrogen (secondary N) is 1. The average Bonchev–Trinajstić information content (AvgIpc) is 2.25. The van der Waals surface area contributed by atoms with Crippen LogP contribution >= 0.6 is 11.6 Å². The van der Waals surface area contributed by atoms with Crippen molar-refractivity contribution in [3.05, 3.63) is 28.5 Å². The Kier molecular flexibility index (Phi) is 4.71. The SMILES string of the molecule is CNCCN(C)C(=O)c1cnc(C)cc1Cl. The summed E-state index contributed by atoms with van der Waals surface area (Å²) in [5.74, 6) is -0.104. The summed E-state index contributed by atoms with van der Waals surface area (Å²) in [6, 6.07) is 1.70. The fourth-order valence-corrected chi connectivity index (χ4v) is 1.56. The van der Waals surface area contributed by atoms with Gasteiger partial charge in [-0.1, -0.05) is 11.6 Å². The average molecular weight is 242 g/mol. The van der Waals surface area contributed by atoms with Crippen LogP contribution in [-0.2, 0) is 0 Å². The third-order valence-electron chi connectivity index (χ3n) is 2.26. The van der Waals surface area contributed by atoms with E-state index >= 15 is 0 Å². The van der Waals surface area contributed by atoms with Crippen LogP contribution in [0.1, 0.15) is 16.1 Å². The molecule has 0 unspecified atom stereocenters. The molecule has 4 nitrogen and oxygen atoms in total. The highest BCUT2D eigenvalue weighted by Crippen LogP contribution is 2.16. The Morgan fingerprint density at radius 2 is 2.31 bits per heavy atom. The van der Waals surface area contributed by atoms with E-state index in [1.54, 1.807) is 18.0 Å². The lowest BCUT2D eigenvalue weighted by Crippen LogP contribution is -2.33. The van der Waals surface area contributed by atoms with Gasteiger partial charge in [-0.15, -0.1) is 0 Å². The molecule has 1 heterocycles. The molecule has 1 amide bonds. The van der Waals surface area contributed by atoms with Crippen LogP contribution in [0.2, 0.25) is 5.02 Å². The molecule has 0 aliphatic carbocycles. The van der Waals surface area contributed by atoms with Gasteiger partial charge in [-0.05, 0) is 20.0 Å². The maximum absolute atomic E-state index is 12.0. The van der Waals surface area contributed by atoms with Crippen LogP contribution in [0.15, 0.2) is 12.3 Å². The molecule has 1 aromatic heterocycles. The number of rotatable bonds is 4. The van der Waals surface area contributed by atoms with Crippen LogP contribution < -0.4 is 5.32 Å². The second-order valence-corrected chi connectivity index (χ2v) is 4.04. The summed E-state index contributed by atoms with van der Waals surface area (Å²) < 4.78 is 0. The minimum absolute atomic E-state index is 0.104. The number of likely N-dealkylation sites (N-methyl/N-ethyl adjacent to an activating group) is 2. The number of amides is 1. The van der Waals surface area contributed by atoms with Gasteiger partial charge in [-0.25, -0.2) is 0 Å². The zero-order valence-corrected chi connectivity index (χ0v) is 10.5. The van der Waals surface area contributed by atoms with E-state index in [2.05, 4.69) is 10.3 Å². The molecule has 0 saturated heterocycles. The molecule has 0 aliphatic rings. The lowest BCUT2D eigenvalue weighted by molar-refractivity contribution is 0.0796. The van der Waals surface area contributed by atoms with E-state index in [-0.39, 0.29) is 5.91 Å². The normalized spacial score (nSPS) is 10.2. The maximum Gasteiger partial charge on any atom is 0.256 e. The van der Waals surface area contributed by atoms with Gasteiger partial charge in [0, 0.05) is 32.0 Å². The first-order chi connectivity index (χ1) is 7.56. The van der Waals surface area contributed by atoms with Gasteiger partial charge in [0.15, 0.2) is 0 Å². The van der Waals surface area contributed by atoms with E-state index in [1.807, 2.05) is 14.0 Å². The number of carbonyl (C=O) groups is 1. The third kappa shape index (κ3) is 3.18. The molecule has 0 fully saturated rings. The zero-order chi connectivity index (χ0) is 12.1. The smallest absolute Gasteiger partial charge is 0.256 e. The first-order valence-corrected chi connectivity index (χ1v) is 5.46. The van der Waals surface area contributed by atoms with Crippen molar-refractivity contribution in [2.24, 2.45) is 0 Å². The highest BCUT2D eigenvalue weighted by atomic mass is 35.5. The summed E-state index contributed by atoms with van der Waals surface area (Å²) in [4.78, 5) is 17.7. The van der Waals surface area contributed by atoms with Gasteiger partial charge in [0.05, 0.1) is 10.6 Å². The Balaban J connectivity index is 2.79. The largest absolute Gasteiger partial charge is 0.340 e. The molecule has 0 aliphatic heterocycles. The maximum atomic E-state index is 12.0. The number of pyridine rings is 1. The van der Waals surface area contributed by atoms with Crippen LogP contribution in [0, 0.1) is 6.92 Å². The third-order valence-corrected chi connectivity index (χ3v) is 2.58. The Morgan fingerprint density at radius 3 is 2.88 bits per heavy atom. The van der Waals surface area contributed by atoms with Crippen molar-refractivity contribution in [3.8, 4) is 0 Å². The predicted octanol–water partition coefficient (Wildman–Crippen LogP) is 1.33. The number of halogens is 1. The summed E-state index contributed by atoms with van der Waals surface area (Å²) >= 11 is 6.00. The molecular weight excluding hydrogens is 226 g/mol. The highest BCUT2D eigenvalue weighted by Gasteiger charge is 2.15. The molecule has 88 valence electrons. The molecule has 0 saturated carbocycles. The van der Waals surface area contributed by atoms with Crippen molar-refractivity contribution >= 4 is 17.5 Å². The number of nitrogens with zero attached hydrogens (tertiary/aromatic N) is 2. The topological polar surface area (TPSA) is 45.2 Å². The number of carbonyl (C=O) groups excluding carboxylic acids is 1. The minimum atomic E-state index is -0.104. The molecule has 0 radical (unpaired) electrons. The molecule has 1 rings (SSSR count). The van der Waals surface area contributed by atoms with Crippen molar-refractivity contribution in [3.63, 3.8) is 0 Å². The van der Waals surface area contributed by atoms with Crippen molar-refractivity contribution < 1.29 is 4.79 Å². The number of hydrogen-bond acceptors (Lipinski definition) is 3. The summed E-state index contributed by atoms with van der Waals surface area (Å²) in [5.41, 5.74) is 1.25. The summed E-state index contributed by atoms with van der Waals surface area (Å²) in [7, 11) is 3.59. The van der Waals surface area contributed by atoms with Gasteiger partial charge in [-0.2, -0.15) is 0 Å². The van der Waals surface area contributed by atoms with Crippen LogP contribution in [0.5, 0.6) is 0 Å². The lowest BCUT2D eigenvalue weighted by atomic mass is 10.2. The van der Waals surface area contributed by atoms with Gasteiger partial charge in [0.25, 0.3) is 5.91 Å². The van der Waals surface area contributed by atoms with Crippen LogP contribution in [0.4, 0.5) is 0 Å². The van der Waals surface area contributed by atoms with E-state index in [0.29, 0.717) is 17.1 Å². The first kappa shape index (κ1) is 12.9. The highest BCUT2D eigenvalue weighted by molar-refractivity contribution is 6.33. The van der Waals surface area contributed by atoms with Crippen molar-refractivity contribution in [1.82, 2.24) is 15.2 Å². The number of aryl methyl sites for hydroxylation is 1.